The number of aromatic carboxylic acids is 1. The molecule has 0 aliphatic carbocycles. The maximum absolute atomic E-state index is 11.0. The number of aromatic hydroxyl groups is 2. The quantitative estimate of drug-likeness (QED) is 0.109. The van der Waals surface area contributed by atoms with Gasteiger partial charge in [0.25, 0.3) is 0 Å². The number of hydrogen-bond acceptors (Lipinski definition) is 11. The van der Waals surface area contributed by atoms with Crippen molar-refractivity contribution in [2.24, 2.45) is 20.5 Å². The number of carbonyl (C=O) groups is 2. The number of phenols is 2. The fraction of sp³-hybridized carbons (Fsp3) is 0.147. The van der Waals surface area contributed by atoms with Crippen LogP contribution in [0, 0.1) is 13.8 Å². The van der Waals surface area contributed by atoms with Crippen LogP contribution in [0.3, 0.4) is 0 Å². The van der Waals surface area contributed by atoms with E-state index in [0.717, 1.165) is 28.3 Å². The fourth-order valence-corrected chi connectivity index (χ4v) is 4.07. The molecule has 0 aliphatic heterocycles. The number of azo groups is 2. The average molecular weight is 638 g/mol. The van der Waals surface area contributed by atoms with E-state index in [1.54, 1.807) is 37.4 Å². The maximum Gasteiger partial charge on any atom is 0.339 e. The number of aryl methyl sites for hydroxylation is 1. The van der Waals surface area contributed by atoms with Gasteiger partial charge in [0.2, 0.25) is 0 Å². The summed E-state index contributed by atoms with van der Waals surface area (Å²) in [6, 6.07) is 23.0. The minimum atomic E-state index is -1.22. The van der Waals surface area contributed by atoms with E-state index in [4.69, 9.17) is 19.5 Å². The minimum Gasteiger partial charge on any atom is -0.508 e. The molecule has 1 heterocycles. The SMILES string of the molecule is COc1ccc(N=Nc2ccc(O)c(CC(=O)O)c2)cc1.Cc1noc(Cc2ccc(N=Nc3ccc(O)c(C(=O)O)c3)cc2)c1C. The highest BCUT2D eigenvalue weighted by Crippen LogP contribution is 2.27. The van der Waals surface area contributed by atoms with Gasteiger partial charge in [0.05, 0.1) is 42.0 Å². The van der Waals surface area contributed by atoms with E-state index in [1.807, 2.05) is 38.1 Å². The molecular formula is C34H31N5O8. The van der Waals surface area contributed by atoms with Crippen LogP contribution in [0.25, 0.3) is 0 Å². The predicted molar refractivity (Wildman–Crippen MR) is 171 cm³/mol. The molecule has 4 N–H and O–H groups in total. The van der Waals surface area contributed by atoms with Crippen LogP contribution in [0.15, 0.2) is 110 Å². The summed E-state index contributed by atoms with van der Waals surface area (Å²) in [6.07, 6.45) is 0.377. The number of rotatable bonds is 10. The second kappa shape index (κ2) is 15.6. The van der Waals surface area contributed by atoms with E-state index in [1.165, 1.54) is 30.3 Å². The van der Waals surface area contributed by atoms with E-state index in [0.29, 0.717) is 34.7 Å². The van der Waals surface area contributed by atoms with Gasteiger partial charge < -0.3 is 29.7 Å². The Kier molecular flexibility index (Phi) is 11.1. The molecule has 13 nitrogen and oxygen atoms in total. The lowest BCUT2D eigenvalue weighted by atomic mass is 10.1. The first-order valence-corrected chi connectivity index (χ1v) is 14.1. The van der Waals surface area contributed by atoms with Gasteiger partial charge >= 0.3 is 11.9 Å². The molecule has 0 fully saturated rings. The van der Waals surface area contributed by atoms with Crippen LogP contribution >= 0.6 is 0 Å². The first-order valence-electron chi connectivity index (χ1n) is 14.1. The Bertz CT molecular complexity index is 1920. The number of aromatic nitrogens is 1. The summed E-state index contributed by atoms with van der Waals surface area (Å²) in [5.41, 5.74) is 5.17. The van der Waals surface area contributed by atoms with Crippen LogP contribution in [0.4, 0.5) is 22.7 Å². The average Bonchev–Trinajstić information content (AvgIpc) is 3.37. The zero-order valence-corrected chi connectivity index (χ0v) is 25.7. The van der Waals surface area contributed by atoms with Gasteiger partial charge in [-0.1, -0.05) is 17.3 Å². The first kappa shape index (κ1) is 33.5. The van der Waals surface area contributed by atoms with Crippen LogP contribution in [-0.2, 0) is 17.6 Å². The normalized spacial score (nSPS) is 11.0. The first-order chi connectivity index (χ1) is 22.5. The molecule has 4 aromatic carbocycles. The highest BCUT2D eigenvalue weighted by molar-refractivity contribution is 5.91. The van der Waals surface area contributed by atoms with E-state index in [-0.39, 0.29) is 23.5 Å². The van der Waals surface area contributed by atoms with Gasteiger partial charge in [-0.3, -0.25) is 4.79 Å². The molecule has 1 aromatic heterocycles. The molecule has 13 heteroatoms. The summed E-state index contributed by atoms with van der Waals surface area (Å²) >= 11 is 0. The third kappa shape index (κ3) is 9.56. The number of nitrogens with zero attached hydrogens (tertiary/aromatic N) is 5. The Labute approximate surface area is 269 Å². The third-order valence-electron chi connectivity index (χ3n) is 6.80. The summed E-state index contributed by atoms with van der Waals surface area (Å²) in [6.45, 7) is 3.89. The van der Waals surface area contributed by atoms with Crippen LogP contribution in [0.5, 0.6) is 17.2 Å². The van der Waals surface area contributed by atoms with Gasteiger partial charge in [0.1, 0.15) is 28.6 Å². The van der Waals surface area contributed by atoms with Crippen molar-refractivity contribution in [3.8, 4) is 17.2 Å². The number of carboxylic acids is 2. The van der Waals surface area contributed by atoms with Crippen molar-refractivity contribution in [1.29, 1.82) is 0 Å². The van der Waals surface area contributed by atoms with E-state index < -0.39 is 11.9 Å². The van der Waals surface area contributed by atoms with Gasteiger partial charge in [-0.05, 0) is 92.2 Å². The van der Waals surface area contributed by atoms with E-state index >= 15 is 0 Å². The van der Waals surface area contributed by atoms with Crippen molar-refractivity contribution in [2.75, 3.05) is 7.11 Å². The molecule has 0 unspecified atom stereocenters. The van der Waals surface area contributed by atoms with Gasteiger partial charge in [-0.2, -0.15) is 20.5 Å². The Morgan fingerprint density at radius 1 is 0.745 bits per heavy atom. The summed E-state index contributed by atoms with van der Waals surface area (Å²) in [5.74, 6) is -1.06. The van der Waals surface area contributed by atoms with Gasteiger partial charge in [0, 0.05) is 17.5 Å². The molecule has 0 bridgehead atoms. The standard InChI is InChI=1S/C19H17N3O4.C15H14N2O4/c1-11-12(2)22-26-18(11)9-13-3-5-14(6-4-13)20-21-15-7-8-17(23)16(10-15)19(24)25;1-21-13-5-2-11(3-6-13)16-17-12-4-7-14(18)10(8-12)9-15(19)20/h3-8,10,23H,9H2,1-2H3,(H,24,25);2-8,18H,9H2,1H3,(H,19,20). The number of phenolic OH excluding ortho intramolecular Hbond substituents is 1. The molecule has 0 saturated carbocycles. The molecule has 240 valence electrons. The summed E-state index contributed by atoms with van der Waals surface area (Å²) < 4.78 is 10.4. The highest BCUT2D eigenvalue weighted by atomic mass is 16.5. The summed E-state index contributed by atoms with van der Waals surface area (Å²) in [4.78, 5) is 21.7. The van der Waals surface area contributed by atoms with Crippen molar-refractivity contribution in [3.05, 3.63) is 119 Å². The molecule has 5 aromatic rings. The minimum absolute atomic E-state index is 0.0687. The Morgan fingerprint density at radius 3 is 1.81 bits per heavy atom. The number of ether oxygens (including phenoxy) is 1. The number of hydrogen-bond donors (Lipinski definition) is 4. The molecular weight excluding hydrogens is 606 g/mol. The second-order valence-electron chi connectivity index (χ2n) is 10.1. The van der Waals surface area contributed by atoms with Crippen molar-refractivity contribution >= 4 is 34.7 Å². The van der Waals surface area contributed by atoms with Crippen molar-refractivity contribution in [1.82, 2.24) is 5.16 Å². The molecule has 0 atom stereocenters. The zero-order valence-electron chi connectivity index (χ0n) is 25.7. The Balaban J connectivity index is 0.000000218. The molecule has 0 amide bonds. The topological polar surface area (TPSA) is 200 Å². The number of aliphatic carboxylic acids is 1. The second-order valence-corrected chi connectivity index (χ2v) is 10.1. The van der Waals surface area contributed by atoms with Crippen molar-refractivity contribution in [3.63, 3.8) is 0 Å². The number of methoxy groups -OCH3 is 1. The monoisotopic (exact) mass is 637 g/mol. The lowest BCUT2D eigenvalue weighted by molar-refractivity contribution is -0.136. The maximum atomic E-state index is 11.0. The Morgan fingerprint density at radius 2 is 1.28 bits per heavy atom. The van der Waals surface area contributed by atoms with Crippen LogP contribution < -0.4 is 4.74 Å². The molecule has 0 spiro atoms. The lowest BCUT2D eigenvalue weighted by Gasteiger charge is -2.02. The largest absolute Gasteiger partial charge is 0.508 e. The Hall–Kier alpha value is -6.37. The molecule has 0 radical (unpaired) electrons. The predicted octanol–water partition coefficient (Wildman–Crippen LogP) is 8.14. The fourth-order valence-electron chi connectivity index (χ4n) is 4.07. The van der Waals surface area contributed by atoms with Gasteiger partial charge in [-0.25, -0.2) is 4.79 Å². The summed E-state index contributed by atoms with van der Waals surface area (Å²) in [7, 11) is 1.58. The van der Waals surface area contributed by atoms with Gasteiger partial charge in [0.15, 0.2) is 0 Å². The molecule has 0 saturated heterocycles. The zero-order chi connectivity index (χ0) is 33.9. The molecule has 5 rings (SSSR count). The van der Waals surface area contributed by atoms with E-state index in [2.05, 4.69) is 25.6 Å². The van der Waals surface area contributed by atoms with Gasteiger partial charge in [-0.15, -0.1) is 0 Å². The number of benzene rings is 4. The van der Waals surface area contributed by atoms with Crippen molar-refractivity contribution in [2.45, 2.75) is 26.7 Å². The van der Waals surface area contributed by atoms with Crippen LogP contribution in [0.1, 0.15) is 38.5 Å². The molecule has 47 heavy (non-hydrogen) atoms. The smallest absolute Gasteiger partial charge is 0.339 e. The van der Waals surface area contributed by atoms with E-state index in [9.17, 15) is 19.8 Å². The van der Waals surface area contributed by atoms with Crippen LogP contribution in [-0.4, -0.2) is 44.6 Å². The van der Waals surface area contributed by atoms with Crippen molar-refractivity contribution < 1.29 is 39.3 Å². The third-order valence-corrected chi connectivity index (χ3v) is 6.80. The number of carboxylic acid groups (broad SMARTS) is 2. The summed E-state index contributed by atoms with van der Waals surface area (Å²) in [5, 5.41) is 57.0. The lowest BCUT2D eigenvalue weighted by Crippen LogP contribution is -1.99. The molecule has 0 aliphatic rings. The highest BCUT2D eigenvalue weighted by Gasteiger charge is 2.11. The van der Waals surface area contributed by atoms with Crippen LogP contribution in [0.2, 0.25) is 0 Å².